The van der Waals surface area contributed by atoms with E-state index >= 15 is 0 Å². The molecule has 0 fully saturated rings. The Bertz CT molecular complexity index is 297. The van der Waals surface area contributed by atoms with E-state index in [4.69, 9.17) is 5.26 Å². The first kappa shape index (κ1) is 9.63. The number of benzene rings is 1. The van der Waals surface area contributed by atoms with Crippen molar-refractivity contribution in [2.24, 2.45) is 0 Å². The zero-order valence-electron chi connectivity index (χ0n) is 6.42. The van der Waals surface area contributed by atoms with E-state index in [2.05, 4.69) is 34.6 Å². The van der Waals surface area contributed by atoms with Crippen LogP contribution in [-0.2, 0) is 6.42 Å². The lowest BCUT2D eigenvalue weighted by atomic mass is 10.1. The molecule has 0 aromatic heterocycles. The van der Waals surface area contributed by atoms with Crippen molar-refractivity contribution in [2.75, 3.05) is 0 Å². The normalized spacial score (nSPS) is 9.42. The van der Waals surface area contributed by atoms with Crippen molar-refractivity contribution in [3.8, 4) is 6.07 Å². The van der Waals surface area contributed by atoms with Gasteiger partial charge in [0, 0.05) is 15.8 Å². The lowest BCUT2D eigenvalue weighted by Gasteiger charge is -1.99. The van der Waals surface area contributed by atoms with Crippen LogP contribution < -0.4 is 0 Å². The number of halogens is 1. The maximum absolute atomic E-state index is 8.39. The van der Waals surface area contributed by atoms with Crippen LogP contribution in [0.3, 0.4) is 0 Å². The molecule has 0 amide bonds. The first-order chi connectivity index (χ1) is 5.72. The quantitative estimate of drug-likeness (QED) is 0.791. The smallest absolute Gasteiger partial charge is 0.0625 e. The molecule has 0 saturated heterocycles. The van der Waals surface area contributed by atoms with Gasteiger partial charge in [-0.25, -0.2) is 0 Å². The van der Waals surface area contributed by atoms with Gasteiger partial charge in [-0.1, -0.05) is 15.9 Å². The fourth-order valence-electron chi connectivity index (χ4n) is 0.978. The molecule has 0 aliphatic carbocycles. The summed E-state index contributed by atoms with van der Waals surface area (Å²) in [5.74, 6) is 0. The van der Waals surface area contributed by atoms with Crippen molar-refractivity contribution in [3.05, 3.63) is 28.2 Å². The maximum Gasteiger partial charge on any atom is 0.0625 e. The molecule has 0 aliphatic rings. The Morgan fingerprint density at radius 2 is 2.17 bits per heavy atom. The molecule has 0 heterocycles. The standard InChI is InChI=1S/C9H8BrNS/c10-8-4-7(2-1-3-11)5-9(12)6-8/h4-6,12H,1-2H2. The fourth-order valence-corrected chi connectivity index (χ4v) is 2.00. The Morgan fingerprint density at radius 3 is 2.75 bits per heavy atom. The highest BCUT2D eigenvalue weighted by Gasteiger charge is 1.96. The molecule has 0 saturated carbocycles. The van der Waals surface area contributed by atoms with Crippen LogP contribution in [0.2, 0.25) is 0 Å². The molecule has 1 aromatic rings. The van der Waals surface area contributed by atoms with Crippen molar-refractivity contribution in [1.82, 2.24) is 0 Å². The highest BCUT2D eigenvalue weighted by molar-refractivity contribution is 9.10. The second-order valence-electron chi connectivity index (χ2n) is 2.48. The third-order valence-corrected chi connectivity index (χ3v) is 2.18. The largest absolute Gasteiger partial charge is 0.198 e. The zero-order chi connectivity index (χ0) is 8.97. The topological polar surface area (TPSA) is 23.8 Å². The summed E-state index contributed by atoms with van der Waals surface area (Å²) in [5, 5.41) is 8.39. The fraction of sp³-hybridized carbons (Fsp3) is 0.222. The number of hydrogen-bond donors (Lipinski definition) is 1. The van der Waals surface area contributed by atoms with Gasteiger partial charge in [0.15, 0.2) is 0 Å². The molecule has 1 aromatic carbocycles. The predicted molar refractivity (Wildman–Crippen MR) is 55.3 cm³/mol. The number of nitrogens with zero attached hydrogens (tertiary/aromatic N) is 1. The van der Waals surface area contributed by atoms with E-state index in [9.17, 15) is 0 Å². The van der Waals surface area contributed by atoms with Gasteiger partial charge in [0.05, 0.1) is 6.07 Å². The van der Waals surface area contributed by atoms with Crippen molar-refractivity contribution in [3.63, 3.8) is 0 Å². The molecular formula is C9H8BrNS. The van der Waals surface area contributed by atoms with E-state index in [1.54, 1.807) is 0 Å². The second-order valence-corrected chi connectivity index (χ2v) is 3.91. The zero-order valence-corrected chi connectivity index (χ0v) is 8.90. The van der Waals surface area contributed by atoms with Crippen LogP contribution in [0.4, 0.5) is 0 Å². The number of aryl methyl sites for hydroxylation is 1. The van der Waals surface area contributed by atoms with E-state index in [0.29, 0.717) is 6.42 Å². The minimum Gasteiger partial charge on any atom is -0.198 e. The molecule has 0 spiro atoms. The van der Waals surface area contributed by atoms with Gasteiger partial charge >= 0.3 is 0 Å². The molecule has 3 heteroatoms. The molecule has 0 unspecified atom stereocenters. The van der Waals surface area contributed by atoms with E-state index in [-0.39, 0.29) is 0 Å². The number of thiol groups is 1. The van der Waals surface area contributed by atoms with Gasteiger partial charge in [-0.2, -0.15) is 5.26 Å². The predicted octanol–water partition coefficient (Wildman–Crippen LogP) is 3.19. The van der Waals surface area contributed by atoms with Gasteiger partial charge in [0.1, 0.15) is 0 Å². The molecular weight excluding hydrogens is 234 g/mol. The molecule has 0 radical (unpaired) electrons. The Morgan fingerprint density at radius 1 is 1.42 bits per heavy atom. The lowest BCUT2D eigenvalue weighted by molar-refractivity contribution is 1.00. The summed E-state index contributed by atoms with van der Waals surface area (Å²) in [6, 6.07) is 8.03. The van der Waals surface area contributed by atoms with Gasteiger partial charge in [0.2, 0.25) is 0 Å². The van der Waals surface area contributed by atoms with E-state index < -0.39 is 0 Å². The molecule has 1 rings (SSSR count). The third-order valence-electron chi connectivity index (χ3n) is 1.47. The molecule has 0 N–H and O–H groups in total. The number of nitriles is 1. The van der Waals surface area contributed by atoms with Crippen molar-refractivity contribution >= 4 is 28.6 Å². The van der Waals surface area contributed by atoms with Crippen LogP contribution in [0, 0.1) is 11.3 Å². The molecule has 0 bridgehead atoms. The van der Waals surface area contributed by atoms with Crippen LogP contribution >= 0.6 is 28.6 Å². The maximum atomic E-state index is 8.39. The monoisotopic (exact) mass is 241 g/mol. The van der Waals surface area contributed by atoms with Crippen molar-refractivity contribution in [2.45, 2.75) is 17.7 Å². The summed E-state index contributed by atoms with van der Waals surface area (Å²) in [4.78, 5) is 0.928. The summed E-state index contributed by atoms with van der Waals surface area (Å²) in [6.45, 7) is 0. The molecule has 0 atom stereocenters. The summed E-state index contributed by atoms with van der Waals surface area (Å²) in [6.07, 6.45) is 1.35. The Labute approximate surface area is 85.9 Å². The lowest BCUT2D eigenvalue weighted by Crippen LogP contribution is -1.83. The van der Waals surface area contributed by atoms with E-state index in [0.717, 1.165) is 21.4 Å². The Kier molecular flexibility index (Phi) is 3.64. The minimum absolute atomic E-state index is 0.559. The van der Waals surface area contributed by atoms with E-state index in [1.807, 2.05) is 18.2 Å². The van der Waals surface area contributed by atoms with Gasteiger partial charge in [-0.05, 0) is 30.2 Å². The summed E-state index contributed by atoms with van der Waals surface area (Å²) < 4.78 is 1.02. The third kappa shape index (κ3) is 2.88. The van der Waals surface area contributed by atoms with Gasteiger partial charge < -0.3 is 0 Å². The van der Waals surface area contributed by atoms with Crippen LogP contribution in [0.15, 0.2) is 27.6 Å². The molecule has 12 heavy (non-hydrogen) atoms. The highest BCUT2D eigenvalue weighted by Crippen LogP contribution is 2.19. The SMILES string of the molecule is N#CCCc1cc(S)cc(Br)c1. The number of rotatable bonds is 2. The van der Waals surface area contributed by atoms with Gasteiger partial charge in [0.25, 0.3) is 0 Å². The van der Waals surface area contributed by atoms with E-state index in [1.165, 1.54) is 0 Å². The van der Waals surface area contributed by atoms with Gasteiger partial charge in [-0.3, -0.25) is 0 Å². The molecule has 1 nitrogen and oxygen atoms in total. The average Bonchev–Trinajstić information content (AvgIpc) is 1.99. The highest BCUT2D eigenvalue weighted by atomic mass is 79.9. The van der Waals surface area contributed by atoms with Crippen molar-refractivity contribution in [1.29, 1.82) is 5.26 Å². The first-order valence-electron chi connectivity index (χ1n) is 3.58. The second kappa shape index (κ2) is 4.54. The Balaban J connectivity index is 2.80. The first-order valence-corrected chi connectivity index (χ1v) is 4.82. The average molecular weight is 242 g/mol. The van der Waals surface area contributed by atoms with Gasteiger partial charge in [-0.15, -0.1) is 12.6 Å². The van der Waals surface area contributed by atoms with Crippen LogP contribution in [0.1, 0.15) is 12.0 Å². The summed E-state index contributed by atoms with van der Waals surface area (Å²) in [7, 11) is 0. The van der Waals surface area contributed by atoms with Crippen LogP contribution in [0.25, 0.3) is 0 Å². The Hall–Kier alpha value is -0.460. The summed E-state index contributed by atoms with van der Waals surface area (Å²) >= 11 is 7.61. The van der Waals surface area contributed by atoms with Crippen LogP contribution in [0.5, 0.6) is 0 Å². The van der Waals surface area contributed by atoms with Crippen molar-refractivity contribution < 1.29 is 0 Å². The number of hydrogen-bond acceptors (Lipinski definition) is 2. The molecule has 0 aliphatic heterocycles. The minimum atomic E-state index is 0.559. The molecule has 62 valence electrons. The van der Waals surface area contributed by atoms with Crippen LogP contribution in [-0.4, -0.2) is 0 Å². The summed E-state index contributed by atoms with van der Waals surface area (Å²) in [5.41, 5.74) is 1.15.